The SMILES string of the molecule is Cc1c(C(O)C(N)O)c2c(OCC(=O)O)cccc2n1Cc1c(Cl)cccc1Cl. The Balaban J connectivity index is 2.24. The highest BCUT2D eigenvalue weighted by atomic mass is 35.5. The largest absolute Gasteiger partial charge is 0.481 e. The summed E-state index contributed by atoms with van der Waals surface area (Å²) in [6.45, 7) is 1.49. The van der Waals surface area contributed by atoms with Crippen molar-refractivity contribution in [3.05, 3.63) is 63.3 Å². The molecule has 154 valence electrons. The summed E-state index contributed by atoms with van der Waals surface area (Å²) in [5, 5.41) is 30.7. The first kappa shape index (κ1) is 21.4. The predicted molar refractivity (Wildman–Crippen MR) is 111 cm³/mol. The fourth-order valence-corrected chi connectivity index (χ4v) is 3.88. The van der Waals surface area contributed by atoms with E-state index >= 15 is 0 Å². The van der Waals surface area contributed by atoms with Gasteiger partial charge in [-0.3, -0.25) is 0 Å². The molecule has 1 aromatic heterocycles. The molecular formula is C20H20Cl2N2O5. The zero-order valence-corrected chi connectivity index (χ0v) is 17.0. The monoisotopic (exact) mass is 438 g/mol. The Labute approximate surface area is 176 Å². The molecule has 2 unspecified atom stereocenters. The van der Waals surface area contributed by atoms with E-state index in [1.54, 1.807) is 43.3 Å². The number of carbonyl (C=O) groups is 1. The Morgan fingerprint density at radius 2 is 1.79 bits per heavy atom. The Kier molecular flexibility index (Phi) is 6.36. The number of ether oxygens (including phenoxy) is 1. The predicted octanol–water partition coefficient (Wildman–Crippen LogP) is 3.08. The molecule has 0 aliphatic heterocycles. The van der Waals surface area contributed by atoms with E-state index in [0.29, 0.717) is 37.8 Å². The van der Waals surface area contributed by atoms with Crippen molar-refractivity contribution in [3.8, 4) is 5.75 Å². The van der Waals surface area contributed by atoms with E-state index in [9.17, 15) is 15.0 Å². The van der Waals surface area contributed by atoms with Gasteiger partial charge in [-0.1, -0.05) is 35.3 Å². The van der Waals surface area contributed by atoms with Crippen LogP contribution >= 0.6 is 23.2 Å². The van der Waals surface area contributed by atoms with Gasteiger partial charge in [0.2, 0.25) is 0 Å². The number of hydrogen-bond donors (Lipinski definition) is 4. The summed E-state index contributed by atoms with van der Waals surface area (Å²) in [7, 11) is 0. The number of nitrogens with zero attached hydrogens (tertiary/aromatic N) is 1. The first-order valence-electron chi connectivity index (χ1n) is 8.73. The minimum atomic E-state index is -1.54. The van der Waals surface area contributed by atoms with E-state index in [1.807, 2.05) is 4.57 Å². The van der Waals surface area contributed by atoms with Crippen LogP contribution in [0.2, 0.25) is 10.0 Å². The van der Waals surface area contributed by atoms with E-state index in [1.165, 1.54) is 0 Å². The van der Waals surface area contributed by atoms with Gasteiger partial charge in [0, 0.05) is 32.3 Å². The average Bonchev–Trinajstić information content (AvgIpc) is 2.94. The minimum absolute atomic E-state index is 0.256. The number of rotatable bonds is 7. The van der Waals surface area contributed by atoms with Crippen LogP contribution in [0.3, 0.4) is 0 Å². The highest BCUT2D eigenvalue weighted by Crippen LogP contribution is 2.39. The molecule has 0 saturated heterocycles. The smallest absolute Gasteiger partial charge is 0.341 e. The summed E-state index contributed by atoms with van der Waals surface area (Å²) in [6, 6.07) is 10.3. The fourth-order valence-electron chi connectivity index (χ4n) is 3.36. The molecule has 0 saturated carbocycles. The molecule has 3 aromatic rings. The van der Waals surface area contributed by atoms with E-state index < -0.39 is 24.9 Å². The van der Waals surface area contributed by atoms with Gasteiger partial charge in [-0.15, -0.1) is 0 Å². The number of fused-ring (bicyclic) bond motifs is 1. The van der Waals surface area contributed by atoms with E-state index in [4.69, 9.17) is 38.8 Å². The number of halogens is 2. The first-order chi connectivity index (χ1) is 13.7. The molecular weight excluding hydrogens is 419 g/mol. The third-order valence-electron chi connectivity index (χ3n) is 4.71. The van der Waals surface area contributed by atoms with Crippen molar-refractivity contribution in [2.45, 2.75) is 25.8 Å². The number of hydrogen-bond acceptors (Lipinski definition) is 5. The van der Waals surface area contributed by atoms with Crippen molar-refractivity contribution in [1.29, 1.82) is 0 Å². The number of carboxylic acids is 1. The molecule has 0 fully saturated rings. The molecule has 0 bridgehead atoms. The van der Waals surface area contributed by atoms with Gasteiger partial charge in [-0.2, -0.15) is 0 Å². The standard InChI is InChI=1S/C20H20Cl2N2O5/c1-10-17(19(27)20(23)28)18-14(6-3-7-15(18)29-9-16(25)26)24(10)8-11-12(21)4-2-5-13(11)22/h2-7,19-20,27-28H,8-9,23H2,1H3,(H,25,26). The van der Waals surface area contributed by atoms with Crippen LogP contribution in [0.5, 0.6) is 5.75 Å². The molecule has 0 spiro atoms. The summed E-state index contributed by atoms with van der Waals surface area (Å²) in [4.78, 5) is 11.0. The van der Waals surface area contributed by atoms with Crippen molar-refractivity contribution in [2.75, 3.05) is 6.61 Å². The number of nitrogens with two attached hydrogens (primary N) is 1. The maximum atomic E-state index is 11.0. The molecule has 0 amide bonds. The molecule has 7 nitrogen and oxygen atoms in total. The van der Waals surface area contributed by atoms with Crippen molar-refractivity contribution < 1.29 is 24.9 Å². The van der Waals surface area contributed by atoms with Gasteiger partial charge < -0.3 is 30.4 Å². The summed E-state index contributed by atoms with van der Waals surface area (Å²) in [6.07, 6.45) is -2.95. The van der Waals surface area contributed by atoms with Crippen LogP contribution in [0.4, 0.5) is 0 Å². The van der Waals surface area contributed by atoms with Crippen molar-refractivity contribution in [1.82, 2.24) is 4.57 Å². The van der Waals surface area contributed by atoms with Crippen molar-refractivity contribution in [3.63, 3.8) is 0 Å². The number of benzene rings is 2. The second kappa shape index (κ2) is 8.61. The van der Waals surface area contributed by atoms with Gasteiger partial charge in [-0.25, -0.2) is 4.79 Å². The zero-order valence-electron chi connectivity index (χ0n) is 15.5. The number of aliphatic carboxylic acids is 1. The molecule has 0 radical (unpaired) electrons. The molecule has 29 heavy (non-hydrogen) atoms. The summed E-state index contributed by atoms with van der Waals surface area (Å²) in [5.74, 6) is -0.881. The van der Waals surface area contributed by atoms with Crippen LogP contribution in [-0.2, 0) is 11.3 Å². The third kappa shape index (κ3) is 4.19. The highest BCUT2D eigenvalue weighted by Gasteiger charge is 2.27. The van der Waals surface area contributed by atoms with Gasteiger partial charge in [0.25, 0.3) is 0 Å². The number of aromatic nitrogens is 1. The number of aliphatic hydroxyl groups excluding tert-OH is 2. The van der Waals surface area contributed by atoms with E-state index in [0.717, 1.165) is 0 Å². The summed E-state index contributed by atoms with van der Waals surface area (Å²) >= 11 is 12.6. The average molecular weight is 439 g/mol. The lowest BCUT2D eigenvalue weighted by Crippen LogP contribution is -2.28. The molecule has 3 rings (SSSR count). The van der Waals surface area contributed by atoms with Gasteiger partial charge in [0.1, 0.15) is 18.1 Å². The molecule has 9 heteroatoms. The van der Waals surface area contributed by atoms with Crippen LogP contribution in [0.1, 0.15) is 22.9 Å². The Hall–Kier alpha value is -2.29. The van der Waals surface area contributed by atoms with E-state index in [2.05, 4.69) is 0 Å². The van der Waals surface area contributed by atoms with Crippen LogP contribution in [0.25, 0.3) is 10.9 Å². The van der Waals surface area contributed by atoms with Crippen LogP contribution < -0.4 is 10.5 Å². The van der Waals surface area contributed by atoms with Gasteiger partial charge in [-0.05, 0) is 31.2 Å². The Bertz CT molecular complexity index is 1040. The maximum absolute atomic E-state index is 11.0. The van der Waals surface area contributed by atoms with E-state index in [-0.39, 0.29) is 12.3 Å². The summed E-state index contributed by atoms with van der Waals surface area (Å²) in [5.41, 5.74) is 7.82. The van der Waals surface area contributed by atoms with Crippen LogP contribution in [0.15, 0.2) is 36.4 Å². The Morgan fingerprint density at radius 1 is 1.17 bits per heavy atom. The number of carboxylic acid groups (broad SMARTS) is 1. The van der Waals surface area contributed by atoms with Gasteiger partial charge in [0.05, 0.1) is 12.1 Å². The van der Waals surface area contributed by atoms with Gasteiger partial charge in [0.15, 0.2) is 6.61 Å². The second-order valence-electron chi connectivity index (χ2n) is 6.55. The second-order valence-corrected chi connectivity index (χ2v) is 7.37. The van der Waals surface area contributed by atoms with Gasteiger partial charge >= 0.3 is 5.97 Å². The van der Waals surface area contributed by atoms with Crippen molar-refractivity contribution in [2.24, 2.45) is 5.73 Å². The van der Waals surface area contributed by atoms with Crippen LogP contribution in [0, 0.1) is 6.92 Å². The molecule has 1 heterocycles. The molecule has 2 atom stereocenters. The van der Waals surface area contributed by atoms with Crippen molar-refractivity contribution >= 4 is 40.1 Å². The lowest BCUT2D eigenvalue weighted by Gasteiger charge is -2.16. The highest BCUT2D eigenvalue weighted by molar-refractivity contribution is 6.36. The quantitative estimate of drug-likeness (QED) is 0.421. The molecule has 2 aromatic carbocycles. The number of aliphatic hydroxyl groups is 2. The molecule has 0 aliphatic rings. The lowest BCUT2D eigenvalue weighted by molar-refractivity contribution is -0.139. The first-order valence-corrected chi connectivity index (χ1v) is 9.48. The normalized spacial score (nSPS) is 13.4. The lowest BCUT2D eigenvalue weighted by atomic mass is 10.0. The van der Waals surface area contributed by atoms with Crippen LogP contribution in [-0.4, -0.2) is 38.7 Å². The maximum Gasteiger partial charge on any atom is 0.341 e. The Morgan fingerprint density at radius 3 is 2.38 bits per heavy atom. The zero-order chi connectivity index (χ0) is 21.3. The minimum Gasteiger partial charge on any atom is -0.481 e. The fraction of sp³-hybridized carbons (Fsp3) is 0.250. The molecule has 5 N–H and O–H groups in total. The summed E-state index contributed by atoms with van der Waals surface area (Å²) < 4.78 is 7.28. The topological polar surface area (TPSA) is 118 Å². The molecule has 0 aliphatic carbocycles. The third-order valence-corrected chi connectivity index (χ3v) is 5.42.